The molecule has 0 aliphatic rings. The number of hydrogen-bond acceptors (Lipinski definition) is 1. The maximum atomic E-state index is 12.5. The van der Waals surface area contributed by atoms with Crippen molar-refractivity contribution in [3.8, 4) is 0 Å². The molecule has 0 unspecified atom stereocenters. The van der Waals surface area contributed by atoms with Gasteiger partial charge in [-0.2, -0.15) is 13.2 Å². The third-order valence-electron chi connectivity index (χ3n) is 1.79. The maximum Gasteiger partial charge on any atom is 0.417 e. The summed E-state index contributed by atoms with van der Waals surface area (Å²) in [5.41, 5.74) is -1.27. The summed E-state index contributed by atoms with van der Waals surface area (Å²) in [4.78, 5) is 11.3. The highest BCUT2D eigenvalue weighted by Crippen LogP contribution is 2.36. The van der Waals surface area contributed by atoms with Gasteiger partial charge in [0.25, 0.3) is 9.70 Å². The Morgan fingerprint density at radius 1 is 1.17 bits per heavy atom. The molecule has 9 heteroatoms. The minimum absolute atomic E-state index is 0.178. The van der Waals surface area contributed by atoms with Gasteiger partial charge in [0.15, 0.2) is 0 Å². The molecule has 0 spiro atoms. The molecule has 0 saturated carbocycles. The van der Waals surface area contributed by atoms with E-state index in [4.69, 9.17) is 46.4 Å². The SMILES string of the molecule is O=C(Nc1ccc(Cl)c(C(F)(F)F)c1)C(Cl)(Cl)Cl. The highest BCUT2D eigenvalue weighted by atomic mass is 35.6. The predicted octanol–water partition coefficient (Wildman–Crippen LogP) is 4.67. The van der Waals surface area contributed by atoms with Gasteiger partial charge in [0.05, 0.1) is 10.6 Å². The summed E-state index contributed by atoms with van der Waals surface area (Å²) in [5, 5.41) is 1.54. The van der Waals surface area contributed by atoms with Gasteiger partial charge in [-0.25, -0.2) is 0 Å². The molecular formula is C9H4Cl4F3NO. The molecule has 1 aromatic rings. The summed E-state index contributed by atoms with van der Waals surface area (Å²) in [6, 6.07) is 2.79. The van der Waals surface area contributed by atoms with E-state index in [-0.39, 0.29) is 5.69 Å². The van der Waals surface area contributed by atoms with Crippen molar-refractivity contribution in [2.75, 3.05) is 5.32 Å². The van der Waals surface area contributed by atoms with Gasteiger partial charge in [-0.15, -0.1) is 0 Å². The van der Waals surface area contributed by atoms with Crippen molar-refractivity contribution in [1.82, 2.24) is 0 Å². The molecule has 0 atom stereocenters. The molecular weight excluding hydrogens is 337 g/mol. The average Bonchev–Trinajstić information content (AvgIpc) is 2.17. The number of carbonyl (C=O) groups is 1. The van der Waals surface area contributed by atoms with E-state index in [9.17, 15) is 18.0 Å². The molecule has 0 aliphatic heterocycles. The van der Waals surface area contributed by atoms with Gasteiger partial charge in [-0.05, 0) is 18.2 Å². The second kappa shape index (κ2) is 5.33. The number of nitrogens with one attached hydrogen (secondary N) is 1. The lowest BCUT2D eigenvalue weighted by atomic mass is 10.2. The Bertz CT molecular complexity index is 470. The molecule has 1 aromatic carbocycles. The Morgan fingerprint density at radius 3 is 2.17 bits per heavy atom. The second-order valence-electron chi connectivity index (χ2n) is 3.14. The third-order valence-corrected chi connectivity index (χ3v) is 2.63. The largest absolute Gasteiger partial charge is 0.417 e. The van der Waals surface area contributed by atoms with Crippen LogP contribution in [-0.4, -0.2) is 9.70 Å². The van der Waals surface area contributed by atoms with Crippen LogP contribution in [0.15, 0.2) is 18.2 Å². The quantitative estimate of drug-likeness (QED) is 0.740. The smallest absolute Gasteiger partial charge is 0.322 e. The summed E-state index contributed by atoms with van der Waals surface area (Å²) in [6.45, 7) is 0. The van der Waals surface area contributed by atoms with E-state index in [0.29, 0.717) is 6.07 Å². The summed E-state index contributed by atoms with van der Waals surface area (Å²) in [6.07, 6.45) is -4.64. The van der Waals surface area contributed by atoms with Gasteiger partial charge in [0.2, 0.25) is 0 Å². The summed E-state index contributed by atoms with van der Waals surface area (Å²) in [5.74, 6) is -1.07. The number of hydrogen-bond donors (Lipinski definition) is 1. The minimum Gasteiger partial charge on any atom is -0.322 e. The lowest BCUT2D eigenvalue weighted by molar-refractivity contribution is -0.137. The molecule has 0 heterocycles. The summed E-state index contributed by atoms with van der Waals surface area (Å²) >= 11 is 21.2. The minimum atomic E-state index is -4.64. The summed E-state index contributed by atoms with van der Waals surface area (Å²) < 4.78 is 35.3. The van der Waals surface area contributed by atoms with Crippen molar-refractivity contribution in [3.05, 3.63) is 28.8 Å². The van der Waals surface area contributed by atoms with E-state index in [1.165, 1.54) is 0 Å². The van der Waals surface area contributed by atoms with Crippen LogP contribution in [0.2, 0.25) is 5.02 Å². The predicted molar refractivity (Wildman–Crippen MR) is 65.4 cm³/mol. The number of benzene rings is 1. The van der Waals surface area contributed by atoms with Gasteiger partial charge in [0, 0.05) is 5.69 Å². The Hall–Kier alpha value is -0.360. The molecule has 0 fully saturated rings. The van der Waals surface area contributed by atoms with Crippen LogP contribution in [0.1, 0.15) is 5.56 Å². The monoisotopic (exact) mass is 339 g/mol. The third kappa shape index (κ3) is 4.09. The van der Waals surface area contributed by atoms with Gasteiger partial charge < -0.3 is 5.32 Å². The first-order chi connectivity index (χ1) is 8.01. The topological polar surface area (TPSA) is 29.1 Å². The van der Waals surface area contributed by atoms with Crippen molar-refractivity contribution in [3.63, 3.8) is 0 Å². The van der Waals surface area contributed by atoms with E-state index < -0.39 is 26.5 Å². The van der Waals surface area contributed by atoms with Gasteiger partial charge in [-0.1, -0.05) is 46.4 Å². The summed E-state index contributed by atoms with van der Waals surface area (Å²) in [7, 11) is 0. The van der Waals surface area contributed by atoms with Crippen LogP contribution in [0.5, 0.6) is 0 Å². The molecule has 1 amide bonds. The van der Waals surface area contributed by atoms with Crippen molar-refractivity contribution in [2.45, 2.75) is 9.97 Å². The van der Waals surface area contributed by atoms with Crippen LogP contribution in [0, 0.1) is 0 Å². The number of carbonyl (C=O) groups excluding carboxylic acids is 1. The Morgan fingerprint density at radius 2 is 1.72 bits per heavy atom. The van der Waals surface area contributed by atoms with Crippen molar-refractivity contribution in [1.29, 1.82) is 0 Å². The van der Waals surface area contributed by atoms with Gasteiger partial charge >= 0.3 is 6.18 Å². The molecule has 0 aliphatic carbocycles. The zero-order chi connectivity index (χ0) is 14.1. The molecule has 18 heavy (non-hydrogen) atoms. The average molecular weight is 341 g/mol. The number of alkyl halides is 6. The van der Waals surface area contributed by atoms with Crippen LogP contribution in [0.25, 0.3) is 0 Å². The first-order valence-corrected chi connectivity index (χ1v) is 5.78. The van der Waals surface area contributed by atoms with Crippen LogP contribution in [-0.2, 0) is 11.0 Å². The van der Waals surface area contributed by atoms with Crippen LogP contribution < -0.4 is 5.32 Å². The van der Waals surface area contributed by atoms with E-state index in [1.54, 1.807) is 0 Å². The lowest BCUT2D eigenvalue weighted by Gasteiger charge is -2.14. The van der Waals surface area contributed by atoms with Crippen molar-refractivity contribution in [2.24, 2.45) is 0 Å². The number of anilines is 1. The molecule has 0 aromatic heterocycles. The highest BCUT2D eigenvalue weighted by Gasteiger charge is 2.34. The number of amides is 1. The maximum absolute atomic E-state index is 12.5. The molecule has 1 N–H and O–H groups in total. The van der Waals surface area contributed by atoms with E-state index in [2.05, 4.69) is 0 Å². The van der Waals surface area contributed by atoms with E-state index in [1.807, 2.05) is 5.32 Å². The highest BCUT2D eigenvalue weighted by molar-refractivity contribution is 6.76. The Balaban J connectivity index is 3.04. The van der Waals surface area contributed by atoms with Gasteiger partial charge in [-0.3, -0.25) is 4.79 Å². The molecule has 2 nitrogen and oxygen atoms in total. The van der Waals surface area contributed by atoms with Crippen LogP contribution in [0.4, 0.5) is 18.9 Å². The lowest BCUT2D eigenvalue weighted by Crippen LogP contribution is -2.27. The fraction of sp³-hybridized carbons (Fsp3) is 0.222. The Labute approximate surface area is 120 Å². The standard InChI is InChI=1S/C9H4Cl4F3NO/c10-6-2-1-4(3-5(6)9(14,15)16)17-7(18)8(11,12)13/h1-3H,(H,17,18). The van der Waals surface area contributed by atoms with E-state index >= 15 is 0 Å². The zero-order valence-electron chi connectivity index (χ0n) is 8.29. The first-order valence-electron chi connectivity index (χ1n) is 4.27. The van der Waals surface area contributed by atoms with Crippen LogP contribution in [0.3, 0.4) is 0 Å². The molecule has 0 saturated heterocycles. The fourth-order valence-electron chi connectivity index (χ4n) is 1.02. The second-order valence-corrected chi connectivity index (χ2v) is 5.83. The molecule has 100 valence electrons. The number of rotatable bonds is 1. The van der Waals surface area contributed by atoms with Crippen LogP contribution >= 0.6 is 46.4 Å². The number of halogens is 7. The molecule has 0 bridgehead atoms. The zero-order valence-corrected chi connectivity index (χ0v) is 11.3. The fourth-order valence-corrected chi connectivity index (χ4v) is 1.39. The molecule has 0 radical (unpaired) electrons. The van der Waals surface area contributed by atoms with E-state index in [0.717, 1.165) is 12.1 Å². The van der Waals surface area contributed by atoms with Crippen molar-refractivity contribution < 1.29 is 18.0 Å². The first kappa shape index (κ1) is 15.7. The van der Waals surface area contributed by atoms with Crippen molar-refractivity contribution >= 4 is 58.0 Å². The normalized spacial score (nSPS) is 12.4. The molecule has 1 rings (SSSR count). The van der Waals surface area contributed by atoms with Gasteiger partial charge in [0.1, 0.15) is 0 Å². The Kier molecular flexibility index (Phi) is 4.65.